The van der Waals surface area contributed by atoms with Crippen molar-refractivity contribution in [3.8, 4) is 11.3 Å². The summed E-state index contributed by atoms with van der Waals surface area (Å²) in [6.45, 7) is 8.38. The molecule has 0 aliphatic carbocycles. The number of anilines is 1. The standard InChI is InChI=1S/C23H27FN4/c1-17(2)11-28-16-26(3)13-20-14-27(15-22(20)28)12-18-7-9-19(10-8-18)21-5-4-6-23(24)25-21/h4-10,14-15,17H,11-13,16H2,1-3H3. The minimum Gasteiger partial charge on any atom is -0.357 e. The fourth-order valence-electron chi connectivity index (χ4n) is 3.91. The summed E-state index contributed by atoms with van der Waals surface area (Å²) in [6, 6.07) is 13.1. The topological polar surface area (TPSA) is 24.3 Å². The second-order valence-corrected chi connectivity index (χ2v) is 8.16. The van der Waals surface area contributed by atoms with Crippen LogP contribution in [0.4, 0.5) is 10.1 Å². The van der Waals surface area contributed by atoms with Crippen LogP contribution >= 0.6 is 0 Å². The van der Waals surface area contributed by atoms with E-state index in [0.717, 1.165) is 31.9 Å². The lowest BCUT2D eigenvalue weighted by Crippen LogP contribution is -2.41. The van der Waals surface area contributed by atoms with E-state index in [2.05, 4.69) is 64.8 Å². The molecule has 0 atom stereocenters. The first kappa shape index (κ1) is 18.7. The molecule has 3 heterocycles. The molecule has 0 spiro atoms. The van der Waals surface area contributed by atoms with E-state index in [1.165, 1.54) is 22.9 Å². The monoisotopic (exact) mass is 378 g/mol. The minimum absolute atomic E-state index is 0.449. The Bertz CT molecular complexity index is 945. The van der Waals surface area contributed by atoms with E-state index in [9.17, 15) is 4.39 Å². The van der Waals surface area contributed by atoms with Crippen LogP contribution in [-0.4, -0.2) is 34.7 Å². The Kier molecular flexibility index (Phi) is 5.18. The number of halogens is 1. The molecule has 0 saturated heterocycles. The molecule has 4 nitrogen and oxygen atoms in total. The molecule has 1 aliphatic heterocycles. The molecular formula is C23H27FN4. The lowest BCUT2D eigenvalue weighted by atomic mass is 10.1. The quantitative estimate of drug-likeness (QED) is 0.606. The smallest absolute Gasteiger partial charge is 0.213 e. The molecular weight excluding hydrogens is 351 g/mol. The van der Waals surface area contributed by atoms with Crippen LogP contribution in [0.2, 0.25) is 0 Å². The van der Waals surface area contributed by atoms with Crippen molar-refractivity contribution in [2.24, 2.45) is 5.92 Å². The highest BCUT2D eigenvalue weighted by atomic mass is 19.1. The molecule has 0 fully saturated rings. The largest absolute Gasteiger partial charge is 0.357 e. The van der Waals surface area contributed by atoms with Crippen molar-refractivity contribution < 1.29 is 4.39 Å². The van der Waals surface area contributed by atoms with Crippen molar-refractivity contribution in [2.45, 2.75) is 26.9 Å². The predicted molar refractivity (Wildman–Crippen MR) is 112 cm³/mol. The SMILES string of the molecule is CC(C)CN1CN(C)Cc2cn(Cc3ccc(-c4cccc(F)n4)cc3)cc21. The average molecular weight is 378 g/mol. The van der Waals surface area contributed by atoms with Gasteiger partial charge in [0.25, 0.3) is 0 Å². The number of hydrogen-bond donors (Lipinski definition) is 0. The van der Waals surface area contributed by atoms with Crippen molar-refractivity contribution in [3.63, 3.8) is 0 Å². The summed E-state index contributed by atoms with van der Waals surface area (Å²) in [6.07, 6.45) is 4.53. The first-order chi connectivity index (χ1) is 13.5. The molecule has 28 heavy (non-hydrogen) atoms. The third kappa shape index (κ3) is 4.09. The lowest BCUT2D eigenvalue weighted by molar-refractivity contribution is 0.304. The first-order valence-electron chi connectivity index (χ1n) is 9.82. The van der Waals surface area contributed by atoms with Crippen LogP contribution < -0.4 is 4.90 Å². The van der Waals surface area contributed by atoms with Crippen molar-refractivity contribution in [2.75, 3.05) is 25.2 Å². The summed E-state index contributed by atoms with van der Waals surface area (Å²) in [5.74, 6) is 0.182. The van der Waals surface area contributed by atoms with Gasteiger partial charge in [0, 0.05) is 43.2 Å². The van der Waals surface area contributed by atoms with Gasteiger partial charge in [0.2, 0.25) is 5.95 Å². The average Bonchev–Trinajstić information content (AvgIpc) is 3.04. The Labute approximate surface area is 166 Å². The van der Waals surface area contributed by atoms with Gasteiger partial charge in [0.05, 0.1) is 18.1 Å². The normalized spacial score (nSPS) is 14.5. The summed E-state index contributed by atoms with van der Waals surface area (Å²) in [5.41, 5.74) is 5.55. The molecule has 1 aromatic carbocycles. The van der Waals surface area contributed by atoms with Gasteiger partial charge in [-0.1, -0.05) is 44.2 Å². The number of pyridine rings is 1. The molecule has 0 radical (unpaired) electrons. The van der Waals surface area contributed by atoms with Crippen LogP contribution in [0.5, 0.6) is 0 Å². The van der Waals surface area contributed by atoms with Gasteiger partial charge in [0.1, 0.15) is 0 Å². The van der Waals surface area contributed by atoms with Crippen LogP contribution in [0.3, 0.4) is 0 Å². The summed E-state index contributed by atoms with van der Waals surface area (Å²) < 4.78 is 15.6. The summed E-state index contributed by atoms with van der Waals surface area (Å²) in [4.78, 5) is 8.79. The Balaban J connectivity index is 1.52. The van der Waals surface area contributed by atoms with Gasteiger partial charge in [-0.3, -0.25) is 4.90 Å². The van der Waals surface area contributed by atoms with Gasteiger partial charge in [-0.15, -0.1) is 0 Å². The molecule has 2 aromatic heterocycles. The zero-order valence-electron chi connectivity index (χ0n) is 16.8. The van der Waals surface area contributed by atoms with Crippen LogP contribution in [0.25, 0.3) is 11.3 Å². The molecule has 0 amide bonds. The highest BCUT2D eigenvalue weighted by Crippen LogP contribution is 2.29. The molecule has 0 bridgehead atoms. The van der Waals surface area contributed by atoms with Gasteiger partial charge in [0.15, 0.2) is 0 Å². The Morgan fingerprint density at radius 1 is 1.07 bits per heavy atom. The van der Waals surface area contributed by atoms with E-state index in [4.69, 9.17) is 0 Å². The number of aromatic nitrogens is 2. The number of rotatable bonds is 5. The van der Waals surface area contributed by atoms with E-state index < -0.39 is 5.95 Å². The van der Waals surface area contributed by atoms with E-state index in [-0.39, 0.29) is 0 Å². The minimum atomic E-state index is -0.449. The molecule has 3 aromatic rings. The Morgan fingerprint density at radius 3 is 2.57 bits per heavy atom. The maximum atomic E-state index is 13.3. The zero-order chi connectivity index (χ0) is 19.7. The van der Waals surface area contributed by atoms with Gasteiger partial charge in [-0.25, -0.2) is 4.98 Å². The van der Waals surface area contributed by atoms with Gasteiger partial charge >= 0.3 is 0 Å². The third-order valence-electron chi connectivity index (χ3n) is 5.05. The third-order valence-corrected chi connectivity index (χ3v) is 5.05. The molecule has 1 aliphatic rings. The molecule has 5 heteroatoms. The first-order valence-corrected chi connectivity index (χ1v) is 9.82. The summed E-state index contributed by atoms with van der Waals surface area (Å²) in [5, 5.41) is 0. The van der Waals surface area contributed by atoms with E-state index in [1.807, 2.05) is 18.2 Å². The van der Waals surface area contributed by atoms with Crippen molar-refractivity contribution in [1.82, 2.24) is 14.5 Å². The van der Waals surface area contributed by atoms with E-state index in [1.54, 1.807) is 6.07 Å². The van der Waals surface area contributed by atoms with Crippen molar-refractivity contribution in [1.29, 1.82) is 0 Å². The van der Waals surface area contributed by atoms with Gasteiger partial charge < -0.3 is 9.47 Å². The highest BCUT2D eigenvalue weighted by Gasteiger charge is 2.22. The van der Waals surface area contributed by atoms with Crippen LogP contribution in [-0.2, 0) is 13.1 Å². The van der Waals surface area contributed by atoms with Crippen molar-refractivity contribution >= 4 is 5.69 Å². The molecule has 0 N–H and O–H groups in total. The summed E-state index contributed by atoms with van der Waals surface area (Å²) in [7, 11) is 2.17. The number of nitrogens with zero attached hydrogens (tertiary/aromatic N) is 4. The zero-order valence-corrected chi connectivity index (χ0v) is 16.8. The molecule has 4 rings (SSSR count). The number of fused-ring (bicyclic) bond motifs is 1. The fourth-order valence-corrected chi connectivity index (χ4v) is 3.91. The van der Waals surface area contributed by atoms with Crippen molar-refractivity contribution in [3.05, 3.63) is 71.9 Å². The molecule has 0 unspecified atom stereocenters. The second kappa shape index (κ2) is 7.76. The second-order valence-electron chi connectivity index (χ2n) is 8.16. The Morgan fingerprint density at radius 2 is 1.86 bits per heavy atom. The van der Waals surface area contributed by atoms with Crippen LogP contribution in [0.15, 0.2) is 54.9 Å². The molecule has 146 valence electrons. The molecule has 0 saturated carbocycles. The summed E-state index contributed by atoms with van der Waals surface area (Å²) >= 11 is 0. The maximum Gasteiger partial charge on any atom is 0.213 e. The van der Waals surface area contributed by atoms with E-state index in [0.29, 0.717) is 11.6 Å². The highest BCUT2D eigenvalue weighted by molar-refractivity contribution is 5.59. The lowest BCUT2D eigenvalue weighted by Gasteiger charge is -2.35. The predicted octanol–water partition coefficient (Wildman–Crippen LogP) is 4.60. The van der Waals surface area contributed by atoms with Gasteiger partial charge in [-0.2, -0.15) is 4.39 Å². The van der Waals surface area contributed by atoms with E-state index >= 15 is 0 Å². The van der Waals surface area contributed by atoms with Crippen LogP contribution in [0.1, 0.15) is 25.0 Å². The fraction of sp³-hybridized carbons (Fsp3) is 0.348. The van der Waals surface area contributed by atoms with Gasteiger partial charge in [-0.05, 0) is 30.7 Å². The Hall–Kier alpha value is -2.66. The number of benzene rings is 1. The van der Waals surface area contributed by atoms with Crippen LogP contribution in [0, 0.1) is 11.9 Å². The number of hydrogen-bond acceptors (Lipinski definition) is 3. The maximum absolute atomic E-state index is 13.3.